The van der Waals surface area contributed by atoms with Gasteiger partial charge in [-0.15, -0.1) is 12.4 Å². The van der Waals surface area contributed by atoms with Gasteiger partial charge in [-0.25, -0.2) is 4.39 Å². The van der Waals surface area contributed by atoms with Crippen molar-refractivity contribution in [1.82, 2.24) is 5.06 Å². The van der Waals surface area contributed by atoms with E-state index < -0.39 is 24.3 Å². The molecule has 0 bridgehead atoms. The lowest BCUT2D eigenvalue weighted by molar-refractivity contribution is -0.143. The summed E-state index contributed by atoms with van der Waals surface area (Å²) in [6, 6.07) is 23.2. The lowest BCUT2D eigenvalue weighted by Crippen LogP contribution is -2.32. The first-order valence-corrected chi connectivity index (χ1v) is 12.8. The van der Waals surface area contributed by atoms with Crippen LogP contribution in [0.1, 0.15) is 37.5 Å². The minimum Gasteiger partial charge on any atom is -0.481 e. The number of carboxylic acid groups (broad SMARTS) is 1. The smallest absolute Gasteiger partial charge is 0.306 e. The molecule has 1 unspecified atom stereocenters. The van der Waals surface area contributed by atoms with Crippen molar-refractivity contribution in [3.05, 3.63) is 96.0 Å². The van der Waals surface area contributed by atoms with Gasteiger partial charge in [0, 0.05) is 29.2 Å². The number of aliphatic carboxylic acids is 1. The van der Waals surface area contributed by atoms with Crippen LogP contribution < -0.4 is 4.74 Å². The summed E-state index contributed by atoms with van der Waals surface area (Å²) in [4.78, 5) is 10.9. The van der Waals surface area contributed by atoms with Gasteiger partial charge in [0.15, 0.2) is 11.6 Å². The van der Waals surface area contributed by atoms with E-state index in [4.69, 9.17) is 14.3 Å². The van der Waals surface area contributed by atoms with E-state index >= 15 is 0 Å². The van der Waals surface area contributed by atoms with E-state index in [-0.39, 0.29) is 37.2 Å². The van der Waals surface area contributed by atoms with E-state index in [0.717, 1.165) is 27.5 Å². The highest BCUT2D eigenvalue weighted by Crippen LogP contribution is 2.43. The largest absolute Gasteiger partial charge is 0.481 e. The molecule has 212 valence electrons. The molecule has 0 saturated carbocycles. The van der Waals surface area contributed by atoms with Gasteiger partial charge in [-0.1, -0.05) is 68.4 Å². The number of nitrogens with zero attached hydrogens (tertiary/aromatic N) is 1. The summed E-state index contributed by atoms with van der Waals surface area (Å²) in [7, 11) is 0. The zero-order valence-corrected chi connectivity index (χ0v) is 23.1. The molecule has 40 heavy (non-hydrogen) atoms. The molecule has 4 aromatic rings. The molecule has 1 heterocycles. The molecule has 1 atom stereocenters. The third kappa shape index (κ3) is 7.70. The van der Waals surface area contributed by atoms with Crippen LogP contribution in [-0.2, 0) is 11.2 Å². The van der Waals surface area contributed by atoms with Crippen molar-refractivity contribution < 1.29 is 33.8 Å². The van der Waals surface area contributed by atoms with Crippen molar-refractivity contribution in [1.29, 1.82) is 0 Å². The van der Waals surface area contributed by atoms with Crippen LogP contribution in [0, 0.1) is 5.82 Å². The first-order valence-electron chi connectivity index (χ1n) is 12.8. The quantitative estimate of drug-likeness (QED) is 0.155. The Labute approximate surface area is 238 Å². The second-order valence-corrected chi connectivity index (χ2v) is 9.64. The molecule has 0 aliphatic carbocycles. The number of furan rings is 1. The molecule has 1 aromatic heterocycles. The SMILES string of the molecule is CC(C)c1oc(-c2ccccc2)c(-c2ccc(F)c(Oc3ccccc3)c2)c1CCN(O)CC(O)CC(=O)O.Cl. The second kappa shape index (κ2) is 14.1. The van der Waals surface area contributed by atoms with Gasteiger partial charge in [-0.2, -0.15) is 5.06 Å². The summed E-state index contributed by atoms with van der Waals surface area (Å²) in [5, 5.41) is 30.2. The number of ether oxygens (including phenoxy) is 1. The van der Waals surface area contributed by atoms with E-state index in [1.807, 2.05) is 62.4 Å². The molecule has 0 aliphatic heterocycles. The average molecular weight is 570 g/mol. The predicted octanol–water partition coefficient (Wildman–Crippen LogP) is 7.16. The minimum atomic E-state index is -1.21. The molecule has 0 amide bonds. The van der Waals surface area contributed by atoms with Crippen LogP contribution in [0.2, 0.25) is 0 Å². The molecular weight excluding hydrogens is 537 g/mol. The number of halogens is 2. The molecular formula is C31H33ClFNO6. The predicted molar refractivity (Wildman–Crippen MR) is 153 cm³/mol. The Morgan fingerprint density at radius 3 is 2.27 bits per heavy atom. The first kappa shape index (κ1) is 30.8. The van der Waals surface area contributed by atoms with E-state index in [1.54, 1.807) is 24.3 Å². The van der Waals surface area contributed by atoms with Gasteiger partial charge in [0.25, 0.3) is 0 Å². The number of carboxylic acids is 1. The molecule has 3 N–H and O–H groups in total. The van der Waals surface area contributed by atoms with Crippen LogP contribution >= 0.6 is 12.4 Å². The van der Waals surface area contributed by atoms with E-state index in [9.17, 15) is 19.5 Å². The van der Waals surface area contributed by atoms with Gasteiger partial charge in [0.1, 0.15) is 17.3 Å². The van der Waals surface area contributed by atoms with Crippen LogP contribution in [0.25, 0.3) is 22.5 Å². The number of para-hydroxylation sites is 1. The second-order valence-electron chi connectivity index (χ2n) is 9.64. The van der Waals surface area contributed by atoms with Crippen molar-refractivity contribution >= 4 is 18.4 Å². The number of aliphatic hydroxyl groups is 1. The zero-order chi connectivity index (χ0) is 27.9. The standard InChI is InChI=1S/C31H32FNO6.ClH/c1-20(2)30-25(15-16-33(37)19-23(34)18-28(35)36)29(31(39-30)21-9-5-3-6-10-21)22-13-14-26(32)27(17-22)38-24-11-7-4-8-12-24;/h3-14,17,20,23,34,37H,15-16,18-19H2,1-2H3,(H,35,36);1H. The number of benzene rings is 3. The maximum absolute atomic E-state index is 14.8. The summed E-state index contributed by atoms with van der Waals surface area (Å²) in [6.45, 7) is 3.91. The Morgan fingerprint density at radius 1 is 1.00 bits per heavy atom. The number of hydrogen-bond donors (Lipinski definition) is 3. The van der Waals surface area contributed by atoms with Gasteiger partial charge in [-0.3, -0.25) is 4.79 Å². The fourth-order valence-electron chi connectivity index (χ4n) is 4.49. The number of hydrogen-bond acceptors (Lipinski definition) is 6. The Hall–Kier alpha value is -3.69. The maximum atomic E-state index is 14.8. The number of rotatable bonds is 12. The molecule has 3 aromatic carbocycles. The lowest BCUT2D eigenvalue weighted by Gasteiger charge is -2.18. The fraction of sp³-hybridized carbons (Fsp3) is 0.258. The van der Waals surface area contributed by atoms with Crippen molar-refractivity contribution in [2.45, 2.75) is 38.7 Å². The average Bonchev–Trinajstić information content (AvgIpc) is 3.29. The van der Waals surface area contributed by atoms with Crippen molar-refractivity contribution in [2.24, 2.45) is 0 Å². The van der Waals surface area contributed by atoms with Crippen molar-refractivity contribution in [3.63, 3.8) is 0 Å². The van der Waals surface area contributed by atoms with E-state index in [2.05, 4.69) is 0 Å². The first-order chi connectivity index (χ1) is 18.7. The summed E-state index contributed by atoms with van der Waals surface area (Å²) >= 11 is 0. The van der Waals surface area contributed by atoms with Crippen LogP contribution in [0.15, 0.2) is 83.3 Å². The third-order valence-corrected chi connectivity index (χ3v) is 6.24. The Balaban J connectivity index is 0.00000441. The van der Waals surface area contributed by atoms with Crippen LogP contribution in [0.3, 0.4) is 0 Å². The zero-order valence-electron chi connectivity index (χ0n) is 22.3. The monoisotopic (exact) mass is 569 g/mol. The van der Waals surface area contributed by atoms with Gasteiger partial charge in [0.05, 0.1) is 19.1 Å². The lowest BCUT2D eigenvalue weighted by atomic mass is 9.93. The summed E-state index contributed by atoms with van der Waals surface area (Å²) in [5.41, 5.74) is 3.10. The Kier molecular flexibility index (Phi) is 10.9. The van der Waals surface area contributed by atoms with Gasteiger partial charge in [-0.05, 0) is 36.2 Å². The van der Waals surface area contributed by atoms with Crippen LogP contribution in [-0.4, -0.2) is 45.6 Å². The molecule has 0 fully saturated rings. The van der Waals surface area contributed by atoms with Gasteiger partial charge < -0.3 is 24.6 Å². The molecule has 9 heteroatoms. The molecule has 4 rings (SSSR count). The van der Waals surface area contributed by atoms with Crippen molar-refractivity contribution in [3.8, 4) is 33.9 Å². The Morgan fingerprint density at radius 2 is 1.65 bits per heavy atom. The highest BCUT2D eigenvalue weighted by molar-refractivity contribution is 5.85. The number of carbonyl (C=O) groups is 1. The topological polar surface area (TPSA) is 103 Å². The number of aliphatic hydroxyl groups excluding tert-OH is 1. The summed E-state index contributed by atoms with van der Waals surface area (Å²) in [6.07, 6.45) is -1.35. The van der Waals surface area contributed by atoms with Crippen LogP contribution in [0.5, 0.6) is 11.5 Å². The summed E-state index contributed by atoms with van der Waals surface area (Å²) < 4.78 is 27.1. The molecule has 7 nitrogen and oxygen atoms in total. The Bertz CT molecular complexity index is 1390. The van der Waals surface area contributed by atoms with Crippen LogP contribution in [0.4, 0.5) is 4.39 Å². The fourth-order valence-corrected chi connectivity index (χ4v) is 4.49. The normalized spacial score (nSPS) is 11.9. The van der Waals surface area contributed by atoms with Crippen molar-refractivity contribution in [2.75, 3.05) is 13.1 Å². The molecule has 0 spiro atoms. The molecule has 0 saturated heterocycles. The molecule has 0 aliphatic rings. The van der Waals surface area contributed by atoms with E-state index in [1.165, 1.54) is 6.07 Å². The summed E-state index contributed by atoms with van der Waals surface area (Å²) in [5.74, 6) is 0.250. The number of hydroxylamine groups is 2. The molecule has 0 radical (unpaired) electrons. The highest BCUT2D eigenvalue weighted by atomic mass is 35.5. The van der Waals surface area contributed by atoms with Gasteiger partial charge in [0.2, 0.25) is 0 Å². The van der Waals surface area contributed by atoms with E-state index in [0.29, 0.717) is 23.5 Å². The minimum absolute atomic E-state index is 0. The third-order valence-electron chi connectivity index (χ3n) is 6.24. The maximum Gasteiger partial charge on any atom is 0.306 e. The highest BCUT2D eigenvalue weighted by Gasteiger charge is 2.26. The van der Waals surface area contributed by atoms with Gasteiger partial charge >= 0.3 is 5.97 Å².